The zero-order valence-corrected chi connectivity index (χ0v) is 12.1. The number of hydrogen-bond donors (Lipinski definition) is 1. The van der Waals surface area contributed by atoms with Crippen LogP contribution in [0, 0.1) is 5.92 Å². The number of carbonyl (C=O) groups is 1. The first-order chi connectivity index (χ1) is 8.56. The van der Waals surface area contributed by atoms with Gasteiger partial charge in [-0.05, 0) is 32.9 Å². The highest BCUT2D eigenvalue weighted by Crippen LogP contribution is 2.17. The van der Waals surface area contributed by atoms with Gasteiger partial charge in [0.05, 0.1) is 12.6 Å². The van der Waals surface area contributed by atoms with Gasteiger partial charge in [0.15, 0.2) is 0 Å². The lowest BCUT2D eigenvalue weighted by Crippen LogP contribution is -2.44. The molecule has 5 heteroatoms. The van der Waals surface area contributed by atoms with Crippen molar-refractivity contribution >= 4 is 6.03 Å². The lowest BCUT2D eigenvalue weighted by atomic mass is 10.1. The van der Waals surface area contributed by atoms with E-state index in [1.54, 1.807) is 7.11 Å². The maximum atomic E-state index is 12.0. The van der Waals surface area contributed by atoms with Crippen LogP contribution in [0.3, 0.4) is 0 Å². The lowest BCUT2D eigenvalue weighted by molar-refractivity contribution is 0.161. The minimum atomic E-state index is 0.0428. The minimum Gasteiger partial charge on any atom is -0.383 e. The van der Waals surface area contributed by atoms with E-state index in [0.29, 0.717) is 12.5 Å². The Kier molecular flexibility index (Phi) is 6.43. The fraction of sp³-hybridized carbons (Fsp3) is 0.923. The Hall–Kier alpha value is -0.810. The van der Waals surface area contributed by atoms with Crippen LogP contribution in [0.1, 0.15) is 20.3 Å². The third kappa shape index (κ3) is 4.82. The maximum Gasteiger partial charge on any atom is 0.317 e. The third-order valence-corrected chi connectivity index (χ3v) is 3.47. The van der Waals surface area contributed by atoms with Gasteiger partial charge in [0.1, 0.15) is 0 Å². The molecule has 106 valence electrons. The van der Waals surface area contributed by atoms with Crippen LogP contribution in [0.15, 0.2) is 0 Å². The molecule has 1 saturated heterocycles. The molecule has 1 rings (SSSR count). The van der Waals surface area contributed by atoms with Crippen molar-refractivity contribution in [1.29, 1.82) is 0 Å². The number of ether oxygens (including phenoxy) is 1. The zero-order chi connectivity index (χ0) is 13.5. The number of likely N-dealkylation sites (tertiary alicyclic amines) is 1. The van der Waals surface area contributed by atoms with Gasteiger partial charge in [-0.3, -0.25) is 0 Å². The van der Waals surface area contributed by atoms with Crippen LogP contribution in [0.5, 0.6) is 0 Å². The molecule has 0 radical (unpaired) electrons. The predicted octanol–water partition coefficient (Wildman–Crippen LogP) is 1.00. The van der Waals surface area contributed by atoms with Gasteiger partial charge < -0.3 is 19.9 Å². The molecule has 2 atom stereocenters. The molecule has 0 spiro atoms. The second-order valence-electron chi connectivity index (χ2n) is 5.26. The van der Waals surface area contributed by atoms with Crippen molar-refractivity contribution in [3.8, 4) is 0 Å². The molecule has 1 N–H and O–H groups in total. The maximum absolute atomic E-state index is 12.0. The highest BCUT2D eigenvalue weighted by Gasteiger charge is 2.27. The molecule has 5 nitrogen and oxygen atoms in total. The summed E-state index contributed by atoms with van der Waals surface area (Å²) < 4.78 is 5.02. The molecule has 0 aromatic carbocycles. The van der Waals surface area contributed by atoms with Gasteiger partial charge in [-0.25, -0.2) is 4.79 Å². The minimum absolute atomic E-state index is 0.0428. The topological polar surface area (TPSA) is 44.8 Å². The van der Waals surface area contributed by atoms with Gasteiger partial charge >= 0.3 is 6.03 Å². The van der Waals surface area contributed by atoms with Crippen molar-refractivity contribution < 1.29 is 9.53 Å². The molecule has 1 fully saturated rings. The largest absolute Gasteiger partial charge is 0.383 e. The third-order valence-electron chi connectivity index (χ3n) is 3.47. The fourth-order valence-corrected chi connectivity index (χ4v) is 2.33. The Bertz CT molecular complexity index is 261. The Morgan fingerprint density at radius 1 is 1.61 bits per heavy atom. The first kappa shape index (κ1) is 15.2. The number of rotatable bonds is 6. The first-order valence-electron chi connectivity index (χ1n) is 6.79. The monoisotopic (exact) mass is 257 g/mol. The molecule has 0 bridgehead atoms. The standard InChI is InChI=1S/C13H27N3O2/c1-5-15(3)8-12-6-7-16(9-12)13(17)14-11(2)10-18-4/h11-12H,5-10H2,1-4H3,(H,14,17). The molecular weight excluding hydrogens is 230 g/mol. The summed E-state index contributed by atoms with van der Waals surface area (Å²) in [6.07, 6.45) is 1.11. The van der Waals surface area contributed by atoms with Crippen molar-refractivity contribution in [2.75, 3.05) is 46.9 Å². The molecule has 2 amide bonds. The quantitative estimate of drug-likeness (QED) is 0.772. The molecule has 1 aliphatic rings. The number of urea groups is 1. The highest BCUT2D eigenvalue weighted by atomic mass is 16.5. The number of carbonyl (C=O) groups excluding carboxylic acids is 1. The average molecular weight is 257 g/mol. The lowest BCUT2D eigenvalue weighted by Gasteiger charge is -2.22. The van der Waals surface area contributed by atoms with E-state index in [4.69, 9.17) is 4.74 Å². The smallest absolute Gasteiger partial charge is 0.317 e. The van der Waals surface area contributed by atoms with Crippen molar-refractivity contribution in [3.63, 3.8) is 0 Å². The van der Waals surface area contributed by atoms with Crippen molar-refractivity contribution in [1.82, 2.24) is 15.1 Å². The normalized spacial score (nSPS) is 21.4. The summed E-state index contributed by atoms with van der Waals surface area (Å²) in [7, 11) is 3.78. The Labute approximate surface area is 110 Å². The molecular formula is C13H27N3O2. The second-order valence-corrected chi connectivity index (χ2v) is 5.26. The molecule has 0 aromatic heterocycles. The summed E-state index contributed by atoms with van der Waals surface area (Å²) in [5, 5.41) is 2.96. The van der Waals surface area contributed by atoms with E-state index in [0.717, 1.165) is 32.6 Å². The van der Waals surface area contributed by atoms with Gasteiger partial charge in [-0.1, -0.05) is 6.92 Å². The van der Waals surface area contributed by atoms with Crippen LogP contribution >= 0.6 is 0 Å². The summed E-state index contributed by atoms with van der Waals surface area (Å²) in [6, 6.07) is 0.112. The molecule has 1 heterocycles. The summed E-state index contributed by atoms with van der Waals surface area (Å²) in [5.41, 5.74) is 0. The van der Waals surface area contributed by atoms with Gasteiger partial charge in [0.2, 0.25) is 0 Å². The van der Waals surface area contributed by atoms with E-state index < -0.39 is 0 Å². The van der Waals surface area contributed by atoms with Gasteiger partial charge in [-0.2, -0.15) is 0 Å². The summed E-state index contributed by atoms with van der Waals surface area (Å²) in [4.78, 5) is 16.2. The van der Waals surface area contributed by atoms with Crippen LogP contribution in [-0.2, 0) is 4.74 Å². The van der Waals surface area contributed by atoms with Gasteiger partial charge in [0.25, 0.3) is 0 Å². The van der Waals surface area contributed by atoms with E-state index in [1.807, 2.05) is 11.8 Å². The van der Waals surface area contributed by atoms with E-state index in [1.165, 1.54) is 0 Å². The zero-order valence-electron chi connectivity index (χ0n) is 12.1. The van der Waals surface area contributed by atoms with Crippen LogP contribution < -0.4 is 5.32 Å². The van der Waals surface area contributed by atoms with Gasteiger partial charge in [0, 0.05) is 26.7 Å². The van der Waals surface area contributed by atoms with Crippen molar-refractivity contribution in [2.24, 2.45) is 5.92 Å². The van der Waals surface area contributed by atoms with E-state index in [9.17, 15) is 4.79 Å². The molecule has 0 aromatic rings. The number of methoxy groups -OCH3 is 1. The second kappa shape index (κ2) is 7.59. The number of hydrogen-bond acceptors (Lipinski definition) is 3. The summed E-state index contributed by atoms with van der Waals surface area (Å²) in [5.74, 6) is 0.610. The van der Waals surface area contributed by atoms with Crippen LogP contribution in [0.25, 0.3) is 0 Å². The van der Waals surface area contributed by atoms with Crippen LogP contribution in [0.2, 0.25) is 0 Å². The van der Waals surface area contributed by atoms with E-state index in [2.05, 4.69) is 24.2 Å². The van der Waals surface area contributed by atoms with Crippen LogP contribution in [0.4, 0.5) is 4.79 Å². The SMILES string of the molecule is CCN(C)CC1CCN(C(=O)NC(C)COC)C1. The summed E-state index contributed by atoms with van der Waals surface area (Å²) >= 11 is 0. The Morgan fingerprint density at radius 2 is 2.33 bits per heavy atom. The Balaban J connectivity index is 2.30. The average Bonchev–Trinajstić information content (AvgIpc) is 2.77. The Morgan fingerprint density at radius 3 is 2.94 bits per heavy atom. The molecule has 0 aliphatic carbocycles. The highest BCUT2D eigenvalue weighted by molar-refractivity contribution is 5.74. The predicted molar refractivity (Wildman–Crippen MR) is 72.7 cm³/mol. The van der Waals surface area contributed by atoms with Crippen molar-refractivity contribution in [3.05, 3.63) is 0 Å². The molecule has 0 saturated carbocycles. The summed E-state index contributed by atoms with van der Waals surface area (Å²) in [6.45, 7) is 8.55. The van der Waals surface area contributed by atoms with Gasteiger partial charge in [-0.15, -0.1) is 0 Å². The van der Waals surface area contributed by atoms with Crippen molar-refractivity contribution in [2.45, 2.75) is 26.3 Å². The number of nitrogens with one attached hydrogen (secondary N) is 1. The number of nitrogens with zero attached hydrogens (tertiary/aromatic N) is 2. The molecule has 2 unspecified atom stereocenters. The fourth-order valence-electron chi connectivity index (χ4n) is 2.33. The van der Waals surface area contributed by atoms with E-state index in [-0.39, 0.29) is 12.1 Å². The number of amides is 2. The molecule has 1 aliphatic heterocycles. The van der Waals surface area contributed by atoms with Crippen LogP contribution in [-0.4, -0.2) is 68.8 Å². The molecule has 18 heavy (non-hydrogen) atoms. The first-order valence-corrected chi connectivity index (χ1v) is 6.79. The van der Waals surface area contributed by atoms with E-state index >= 15 is 0 Å².